The Morgan fingerprint density at radius 2 is 1.72 bits per heavy atom. The van der Waals surface area contributed by atoms with Crippen LogP contribution in [0.2, 0.25) is 0 Å². The van der Waals surface area contributed by atoms with Gasteiger partial charge in [-0.2, -0.15) is 0 Å². The molecule has 0 N–H and O–H groups in total. The van der Waals surface area contributed by atoms with Crippen LogP contribution in [0.15, 0.2) is 24.3 Å². The van der Waals surface area contributed by atoms with Gasteiger partial charge in [0.25, 0.3) is 0 Å². The summed E-state index contributed by atoms with van der Waals surface area (Å²) in [5, 5.41) is 0. The van der Waals surface area contributed by atoms with Crippen LogP contribution >= 0.6 is 0 Å². The number of ether oxygens (including phenoxy) is 2. The molecule has 2 aliphatic rings. The molecule has 0 unspecified atom stereocenters. The second-order valence-electron chi connectivity index (χ2n) is 8.52. The second-order valence-corrected chi connectivity index (χ2v) is 8.52. The summed E-state index contributed by atoms with van der Waals surface area (Å²) in [6.45, 7) is 2.13. The molecule has 0 amide bonds. The van der Waals surface area contributed by atoms with Crippen molar-refractivity contribution in [2.45, 2.75) is 83.9 Å². The molecule has 3 rings (SSSR count). The molecule has 0 atom stereocenters. The second kappa shape index (κ2) is 10.4. The van der Waals surface area contributed by atoms with Crippen molar-refractivity contribution >= 4 is 0 Å². The Hall–Kier alpha value is -1.65. The highest BCUT2D eigenvalue weighted by molar-refractivity contribution is 5.50. The molecule has 0 saturated heterocycles. The molecule has 2 saturated carbocycles. The number of aryl methyl sites for hydroxylation is 1. The van der Waals surface area contributed by atoms with Gasteiger partial charge in [-0.15, -0.1) is 13.2 Å². The van der Waals surface area contributed by atoms with Gasteiger partial charge >= 0.3 is 6.36 Å². The fourth-order valence-electron chi connectivity index (χ4n) is 4.65. The predicted molar refractivity (Wildman–Crippen MR) is 109 cm³/mol. The van der Waals surface area contributed by atoms with Crippen LogP contribution in [0.3, 0.4) is 0 Å². The molecule has 0 aliphatic heterocycles. The van der Waals surface area contributed by atoms with Gasteiger partial charge in [0.15, 0.2) is 11.5 Å². The van der Waals surface area contributed by atoms with Gasteiger partial charge in [0.05, 0.1) is 6.61 Å². The number of halogens is 3. The van der Waals surface area contributed by atoms with Crippen LogP contribution in [-0.4, -0.2) is 13.0 Å². The zero-order valence-corrected chi connectivity index (χ0v) is 17.4. The first-order chi connectivity index (χ1) is 13.9. The number of benzene rings is 1. The van der Waals surface area contributed by atoms with Gasteiger partial charge in [-0.25, -0.2) is 0 Å². The van der Waals surface area contributed by atoms with Crippen molar-refractivity contribution in [3.8, 4) is 11.5 Å². The molecule has 0 aromatic heterocycles. The lowest BCUT2D eigenvalue weighted by Crippen LogP contribution is -2.19. The monoisotopic (exact) mass is 410 g/mol. The summed E-state index contributed by atoms with van der Waals surface area (Å²) < 4.78 is 49.1. The molecule has 2 nitrogen and oxygen atoms in total. The molecule has 2 aliphatic carbocycles. The van der Waals surface area contributed by atoms with Crippen molar-refractivity contribution in [2.24, 2.45) is 11.8 Å². The van der Waals surface area contributed by atoms with Crippen molar-refractivity contribution in [1.29, 1.82) is 0 Å². The zero-order valence-electron chi connectivity index (χ0n) is 17.4. The first-order valence-corrected chi connectivity index (χ1v) is 11.1. The third kappa shape index (κ3) is 6.97. The van der Waals surface area contributed by atoms with E-state index in [1.54, 1.807) is 13.0 Å². The number of rotatable bonds is 9. The lowest BCUT2D eigenvalue weighted by atomic mass is 10.0. The van der Waals surface area contributed by atoms with Crippen molar-refractivity contribution < 1.29 is 22.6 Å². The van der Waals surface area contributed by atoms with Crippen LogP contribution in [0.5, 0.6) is 11.5 Å². The highest BCUT2D eigenvalue weighted by Gasteiger charge is 2.33. The maximum atomic E-state index is 13.0. The SMILES string of the molecule is Cc1c(CC/C=C/C2CCCC2)ccc(OCCC2CCCC2)c1OC(F)(F)F. The highest BCUT2D eigenvalue weighted by Crippen LogP contribution is 2.38. The molecule has 0 spiro atoms. The summed E-state index contributed by atoms with van der Waals surface area (Å²) in [5.41, 5.74) is 1.40. The van der Waals surface area contributed by atoms with E-state index in [9.17, 15) is 13.2 Å². The Bertz CT molecular complexity index is 669. The summed E-state index contributed by atoms with van der Waals surface area (Å²) in [5.74, 6) is 1.33. The largest absolute Gasteiger partial charge is 0.573 e. The summed E-state index contributed by atoms with van der Waals surface area (Å²) in [7, 11) is 0. The Labute approximate surface area is 172 Å². The first-order valence-electron chi connectivity index (χ1n) is 11.1. The Morgan fingerprint density at radius 1 is 1.03 bits per heavy atom. The van der Waals surface area contributed by atoms with Crippen LogP contribution in [0, 0.1) is 18.8 Å². The quantitative estimate of drug-likeness (QED) is 0.392. The minimum absolute atomic E-state index is 0.179. The average molecular weight is 411 g/mol. The first kappa shape index (κ1) is 22.0. The fourth-order valence-corrected chi connectivity index (χ4v) is 4.65. The third-order valence-electron chi connectivity index (χ3n) is 6.35. The molecular formula is C24H33F3O2. The molecular weight excluding hydrogens is 377 g/mol. The molecule has 0 heterocycles. The normalized spacial score (nSPS) is 18.8. The number of hydrogen-bond acceptors (Lipinski definition) is 2. The van der Waals surface area contributed by atoms with E-state index in [1.807, 2.05) is 6.07 Å². The smallest absolute Gasteiger partial charge is 0.490 e. The van der Waals surface area contributed by atoms with Gasteiger partial charge in [0.1, 0.15) is 0 Å². The van der Waals surface area contributed by atoms with Crippen molar-refractivity contribution in [1.82, 2.24) is 0 Å². The fraction of sp³-hybridized carbons (Fsp3) is 0.667. The molecule has 29 heavy (non-hydrogen) atoms. The van der Waals surface area contributed by atoms with Gasteiger partial charge in [0.2, 0.25) is 0 Å². The van der Waals surface area contributed by atoms with Gasteiger partial charge in [-0.1, -0.05) is 56.7 Å². The van der Waals surface area contributed by atoms with Gasteiger partial charge in [-0.05, 0) is 68.1 Å². The lowest BCUT2D eigenvalue weighted by Gasteiger charge is -2.19. The van der Waals surface area contributed by atoms with E-state index >= 15 is 0 Å². The lowest BCUT2D eigenvalue weighted by molar-refractivity contribution is -0.275. The maximum absolute atomic E-state index is 13.0. The molecule has 0 radical (unpaired) electrons. The van der Waals surface area contributed by atoms with Gasteiger partial charge in [-0.3, -0.25) is 0 Å². The molecule has 1 aromatic rings. The number of hydrogen-bond donors (Lipinski definition) is 0. The van der Waals surface area contributed by atoms with Crippen LogP contribution in [-0.2, 0) is 6.42 Å². The molecule has 162 valence electrons. The minimum Gasteiger partial charge on any atom is -0.490 e. The number of allylic oxidation sites excluding steroid dienone is 2. The minimum atomic E-state index is -4.73. The Balaban J connectivity index is 1.63. The molecule has 2 fully saturated rings. The predicted octanol–water partition coefficient (Wildman–Crippen LogP) is 7.53. The third-order valence-corrected chi connectivity index (χ3v) is 6.35. The van der Waals surface area contributed by atoms with E-state index in [0.29, 0.717) is 30.4 Å². The van der Waals surface area contributed by atoms with Crippen LogP contribution in [0.25, 0.3) is 0 Å². The molecule has 1 aromatic carbocycles. The summed E-state index contributed by atoms with van der Waals surface area (Å²) in [6.07, 6.45) is 12.1. The van der Waals surface area contributed by atoms with E-state index in [4.69, 9.17) is 4.74 Å². The van der Waals surface area contributed by atoms with Gasteiger partial charge < -0.3 is 9.47 Å². The van der Waals surface area contributed by atoms with Crippen LogP contribution in [0.4, 0.5) is 13.2 Å². The average Bonchev–Trinajstić information content (AvgIpc) is 3.36. The van der Waals surface area contributed by atoms with Crippen molar-refractivity contribution in [3.63, 3.8) is 0 Å². The highest BCUT2D eigenvalue weighted by atomic mass is 19.4. The summed E-state index contributed by atoms with van der Waals surface area (Å²) in [6, 6.07) is 3.52. The van der Waals surface area contributed by atoms with Crippen LogP contribution in [0.1, 0.15) is 75.3 Å². The Kier molecular flexibility index (Phi) is 7.91. The van der Waals surface area contributed by atoms with Crippen LogP contribution < -0.4 is 9.47 Å². The van der Waals surface area contributed by atoms with E-state index < -0.39 is 6.36 Å². The number of alkyl halides is 3. The van der Waals surface area contributed by atoms with Gasteiger partial charge in [0, 0.05) is 0 Å². The van der Waals surface area contributed by atoms with Crippen molar-refractivity contribution in [2.75, 3.05) is 6.61 Å². The summed E-state index contributed by atoms with van der Waals surface area (Å²) >= 11 is 0. The zero-order chi connectivity index (χ0) is 20.7. The van der Waals surface area contributed by atoms with Crippen molar-refractivity contribution in [3.05, 3.63) is 35.4 Å². The molecule has 5 heteroatoms. The Morgan fingerprint density at radius 3 is 2.41 bits per heavy atom. The molecule has 0 bridgehead atoms. The van der Waals surface area contributed by atoms with E-state index in [2.05, 4.69) is 16.9 Å². The maximum Gasteiger partial charge on any atom is 0.573 e. The van der Waals surface area contributed by atoms with E-state index in [1.165, 1.54) is 51.4 Å². The van der Waals surface area contributed by atoms with E-state index in [0.717, 1.165) is 18.4 Å². The standard InChI is InChI=1S/C24H33F3O2/c1-18-21(13-7-6-10-19-8-2-3-9-19)14-15-22(23(18)29-24(25,26)27)28-17-16-20-11-4-5-12-20/h6,10,14-15,19-20H,2-5,7-9,11-13,16-17H2,1H3/b10-6+. The topological polar surface area (TPSA) is 18.5 Å². The summed E-state index contributed by atoms with van der Waals surface area (Å²) in [4.78, 5) is 0. The van der Waals surface area contributed by atoms with E-state index in [-0.39, 0.29) is 11.5 Å².